The molecule has 0 saturated heterocycles. The summed E-state index contributed by atoms with van der Waals surface area (Å²) < 4.78 is 10.6. The molecule has 26 heavy (non-hydrogen) atoms. The van der Waals surface area contributed by atoms with E-state index in [1.807, 2.05) is 0 Å². The Kier molecular flexibility index (Phi) is 4.16. The van der Waals surface area contributed by atoms with Gasteiger partial charge in [-0.05, 0) is 18.2 Å². The van der Waals surface area contributed by atoms with Gasteiger partial charge in [-0.15, -0.1) is 11.8 Å². The van der Waals surface area contributed by atoms with Crippen LogP contribution in [0.25, 0.3) is 11.0 Å². The molecule has 0 spiro atoms. The topological polar surface area (TPSA) is 91.9 Å². The molecule has 0 radical (unpaired) electrons. The first-order chi connectivity index (χ1) is 12.6. The van der Waals surface area contributed by atoms with Crippen LogP contribution in [0.3, 0.4) is 0 Å². The number of thioether (sulfide) groups is 1. The first kappa shape index (κ1) is 16.7. The maximum absolute atomic E-state index is 12.8. The number of benzene rings is 2. The van der Waals surface area contributed by atoms with Crippen LogP contribution in [-0.4, -0.2) is 29.6 Å². The van der Waals surface area contributed by atoms with Crippen molar-refractivity contribution in [1.29, 1.82) is 0 Å². The number of fused-ring (bicyclic) bond motifs is 3. The average Bonchev–Trinajstić information content (AvgIpc) is 2.85. The van der Waals surface area contributed by atoms with E-state index in [0.29, 0.717) is 34.7 Å². The maximum Gasteiger partial charge on any atom is 0.343 e. The van der Waals surface area contributed by atoms with Gasteiger partial charge in [-0.3, -0.25) is 0 Å². The Bertz CT molecular complexity index is 1050. The zero-order chi connectivity index (χ0) is 18.3. The van der Waals surface area contributed by atoms with E-state index >= 15 is 0 Å². The lowest BCUT2D eigenvalue weighted by Crippen LogP contribution is -2.14. The van der Waals surface area contributed by atoms with Crippen molar-refractivity contribution >= 4 is 28.4 Å². The van der Waals surface area contributed by atoms with E-state index in [2.05, 4.69) is 5.32 Å². The summed E-state index contributed by atoms with van der Waals surface area (Å²) >= 11 is 1.56. The van der Waals surface area contributed by atoms with Crippen molar-refractivity contribution in [2.24, 2.45) is 0 Å². The number of nitrogens with one attached hydrogen (secondary N) is 1. The Hall–Kier alpha value is -2.80. The molecule has 1 atom stereocenters. The summed E-state index contributed by atoms with van der Waals surface area (Å²) in [6.45, 7) is 0.671. The molecule has 0 amide bonds. The Morgan fingerprint density at radius 1 is 1.23 bits per heavy atom. The van der Waals surface area contributed by atoms with E-state index in [1.54, 1.807) is 36.0 Å². The molecule has 1 aliphatic heterocycles. The molecule has 4 rings (SSSR count). The molecule has 0 saturated carbocycles. The highest BCUT2D eigenvalue weighted by atomic mass is 32.2. The summed E-state index contributed by atoms with van der Waals surface area (Å²) in [5, 5.41) is 23.8. The monoisotopic (exact) mass is 371 g/mol. The molecule has 2 aromatic carbocycles. The molecule has 0 aliphatic carbocycles. The van der Waals surface area contributed by atoms with Gasteiger partial charge in [0, 0.05) is 35.4 Å². The molecule has 134 valence electrons. The van der Waals surface area contributed by atoms with Crippen molar-refractivity contribution in [3.05, 3.63) is 57.9 Å². The van der Waals surface area contributed by atoms with E-state index in [-0.39, 0.29) is 16.7 Å². The summed E-state index contributed by atoms with van der Waals surface area (Å²) in [5.41, 5.74) is 1.62. The van der Waals surface area contributed by atoms with Crippen molar-refractivity contribution in [2.75, 3.05) is 24.7 Å². The van der Waals surface area contributed by atoms with Crippen molar-refractivity contribution in [1.82, 2.24) is 0 Å². The van der Waals surface area contributed by atoms with Crippen LogP contribution in [-0.2, 0) is 0 Å². The van der Waals surface area contributed by atoms with Crippen LogP contribution in [0.5, 0.6) is 17.2 Å². The SMILES string of the molecule is COc1ccc(C2SCCNc3c2c(=O)oc2cc(O)ccc32)c(O)c1. The average molecular weight is 371 g/mol. The lowest BCUT2D eigenvalue weighted by atomic mass is 10.0. The van der Waals surface area contributed by atoms with E-state index in [0.717, 1.165) is 11.1 Å². The largest absolute Gasteiger partial charge is 0.508 e. The molecule has 0 fully saturated rings. The van der Waals surface area contributed by atoms with Crippen molar-refractivity contribution < 1.29 is 19.4 Å². The number of phenols is 2. The van der Waals surface area contributed by atoms with Crippen LogP contribution in [0.15, 0.2) is 45.6 Å². The molecule has 1 unspecified atom stereocenters. The summed E-state index contributed by atoms with van der Waals surface area (Å²) in [5.74, 6) is 1.40. The van der Waals surface area contributed by atoms with Gasteiger partial charge in [0.1, 0.15) is 22.8 Å². The molecular formula is C19H17NO5S. The molecule has 1 aromatic heterocycles. The minimum Gasteiger partial charge on any atom is -0.508 e. The molecule has 7 heteroatoms. The smallest absolute Gasteiger partial charge is 0.343 e. The standard InChI is InChI=1S/C19H17NO5S/c1-24-11-3-5-12(14(22)9-11)18-16-17(20-6-7-26-18)13-4-2-10(21)8-15(13)25-19(16)23/h2-5,8-9,18,20-22H,6-7H2,1H3. The summed E-state index contributed by atoms with van der Waals surface area (Å²) in [6.07, 6.45) is 0. The van der Waals surface area contributed by atoms with Crippen LogP contribution in [0, 0.1) is 0 Å². The summed E-state index contributed by atoms with van der Waals surface area (Å²) in [4.78, 5) is 12.8. The zero-order valence-corrected chi connectivity index (χ0v) is 14.8. The van der Waals surface area contributed by atoms with Gasteiger partial charge in [0.05, 0.1) is 23.6 Å². The minimum absolute atomic E-state index is 0.0351. The fourth-order valence-electron chi connectivity index (χ4n) is 3.19. The van der Waals surface area contributed by atoms with Gasteiger partial charge in [-0.2, -0.15) is 0 Å². The number of hydrogen-bond donors (Lipinski definition) is 3. The molecular weight excluding hydrogens is 354 g/mol. The quantitative estimate of drug-likeness (QED) is 0.594. The van der Waals surface area contributed by atoms with Gasteiger partial charge in [0.25, 0.3) is 0 Å². The van der Waals surface area contributed by atoms with Gasteiger partial charge in [-0.25, -0.2) is 4.79 Å². The third-order valence-corrected chi connectivity index (χ3v) is 5.66. The highest BCUT2D eigenvalue weighted by Crippen LogP contribution is 2.45. The number of anilines is 1. The molecule has 3 N–H and O–H groups in total. The van der Waals surface area contributed by atoms with Crippen molar-refractivity contribution in [3.8, 4) is 17.2 Å². The number of rotatable bonds is 2. The van der Waals surface area contributed by atoms with Gasteiger partial charge in [0.15, 0.2) is 0 Å². The Morgan fingerprint density at radius 3 is 2.85 bits per heavy atom. The van der Waals surface area contributed by atoms with Gasteiger partial charge in [-0.1, -0.05) is 6.07 Å². The highest BCUT2D eigenvalue weighted by Gasteiger charge is 2.29. The number of hydrogen-bond acceptors (Lipinski definition) is 7. The predicted octanol–water partition coefficient (Wildman–Crippen LogP) is 3.46. The Balaban J connectivity index is 1.96. The molecule has 3 aromatic rings. The van der Waals surface area contributed by atoms with Crippen molar-refractivity contribution in [2.45, 2.75) is 5.25 Å². The van der Waals surface area contributed by atoms with Crippen LogP contribution >= 0.6 is 11.8 Å². The van der Waals surface area contributed by atoms with E-state index < -0.39 is 5.63 Å². The second kappa shape index (κ2) is 6.49. The summed E-state index contributed by atoms with van der Waals surface area (Å²) in [7, 11) is 1.53. The molecule has 0 bridgehead atoms. The first-order valence-electron chi connectivity index (χ1n) is 8.10. The van der Waals surface area contributed by atoms with Gasteiger partial charge >= 0.3 is 5.63 Å². The zero-order valence-electron chi connectivity index (χ0n) is 14.0. The number of methoxy groups -OCH3 is 1. The molecule has 6 nitrogen and oxygen atoms in total. The number of ether oxygens (including phenoxy) is 1. The van der Waals surface area contributed by atoms with E-state index in [4.69, 9.17) is 9.15 Å². The van der Waals surface area contributed by atoms with Gasteiger partial charge in [0.2, 0.25) is 0 Å². The highest BCUT2D eigenvalue weighted by molar-refractivity contribution is 7.99. The van der Waals surface area contributed by atoms with Crippen LogP contribution < -0.4 is 15.7 Å². The predicted molar refractivity (Wildman–Crippen MR) is 102 cm³/mol. The first-order valence-corrected chi connectivity index (χ1v) is 9.15. The van der Waals surface area contributed by atoms with E-state index in [1.165, 1.54) is 19.2 Å². The van der Waals surface area contributed by atoms with Crippen molar-refractivity contribution in [3.63, 3.8) is 0 Å². The number of aromatic hydroxyl groups is 2. The minimum atomic E-state index is -0.486. The summed E-state index contributed by atoms with van der Waals surface area (Å²) in [6, 6.07) is 9.77. The van der Waals surface area contributed by atoms with Gasteiger partial charge < -0.3 is 24.7 Å². The van der Waals surface area contributed by atoms with Crippen LogP contribution in [0.1, 0.15) is 16.4 Å². The second-order valence-electron chi connectivity index (χ2n) is 5.96. The maximum atomic E-state index is 12.8. The third kappa shape index (κ3) is 2.74. The fraction of sp³-hybridized carbons (Fsp3) is 0.211. The third-order valence-electron chi connectivity index (χ3n) is 4.40. The molecule has 2 heterocycles. The van der Waals surface area contributed by atoms with E-state index in [9.17, 15) is 15.0 Å². The fourth-order valence-corrected chi connectivity index (χ4v) is 4.40. The molecule has 1 aliphatic rings. The number of phenolic OH excluding ortho intramolecular Hbond substituents is 2. The Morgan fingerprint density at radius 2 is 2.08 bits per heavy atom. The Labute approximate surface area is 153 Å². The lowest BCUT2D eigenvalue weighted by molar-refractivity contribution is 0.406. The van der Waals surface area contributed by atoms with Crippen LogP contribution in [0.4, 0.5) is 5.69 Å². The second-order valence-corrected chi connectivity index (χ2v) is 7.17. The lowest BCUT2D eigenvalue weighted by Gasteiger charge is -2.18. The normalized spacial score (nSPS) is 16.6. The van der Waals surface area contributed by atoms with Crippen LogP contribution in [0.2, 0.25) is 0 Å².